The third-order valence-corrected chi connectivity index (χ3v) is 6.60. The number of sulfonamides is 1. The van der Waals surface area contributed by atoms with E-state index in [9.17, 15) is 13.2 Å². The summed E-state index contributed by atoms with van der Waals surface area (Å²) >= 11 is 9.87. The Kier molecular flexibility index (Phi) is 4.38. The molecule has 0 spiro atoms. The van der Waals surface area contributed by atoms with Gasteiger partial charge in [0.2, 0.25) is 0 Å². The van der Waals surface area contributed by atoms with Crippen molar-refractivity contribution in [2.24, 2.45) is 0 Å². The van der Waals surface area contributed by atoms with Crippen LogP contribution in [0.25, 0.3) is 0 Å². The number of anilines is 1. The molecule has 20 heavy (non-hydrogen) atoms. The highest BCUT2D eigenvalue weighted by Crippen LogP contribution is 2.35. The van der Waals surface area contributed by atoms with E-state index in [4.69, 9.17) is 16.7 Å². The summed E-state index contributed by atoms with van der Waals surface area (Å²) in [5, 5.41) is 9.30. The first-order valence-electron chi connectivity index (χ1n) is 5.11. The van der Waals surface area contributed by atoms with E-state index in [1.807, 2.05) is 0 Å². The van der Waals surface area contributed by atoms with Gasteiger partial charge in [0.25, 0.3) is 10.0 Å². The molecule has 0 unspecified atom stereocenters. The van der Waals surface area contributed by atoms with E-state index in [1.165, 1.54) is 24.3 Å². The lowest BCUT2D eigenvalue weighted by Gasteiger charge is -2.08. The lowest BCUT2D eigenvalue weighted by atomic mass is 10.2. The van der Waals surface area contributed by atoms with Gasteiger partial charge < -0.3 is 5.11 Å². The van der Waals surface area contributed by atoms with Gasteiger partial charge in [-0.2, -0.15) is 0 Å². The largest absolute Gasteiger partial charge is 0.478 e. The van der Waals surface area contributed by atoms with Gasteiger partial charge in [0.15, 0.2) is 0 Å². The molecule has 0 saturated carbocycles. The standard InChI is InChI=1S/C11H7BrClNO4S2/c12-10-7(13)5-9(19-10)20(17,18)14-8-4-2-1-3-6(8)11(15)16/h1-5,14H,(H,15,16). The number of carbonyl (C=O) groups is 1. The molecule has 0 atom stereocenters. The molecule has 0 fully saturated rings. The van der Waals surface area contributed by atoms with Crippen molar-refractivity contribution >= 4 is 60.5 Å². The molecule has 0 saturated heterocycles. The minimum absolute atomic E-state index is 0.000597. The number of halogens is 2. The number of benzene rings is 1. The third kappa shape index (κ3) is 3.14. The van der Waals surface area contributed by atoms with Gasteiger partial charge in [-0.1, -0.05) is 23.7 Å². The van der Waals surface area contributed by atoms with Gasteiger partial charge in [-0.15, -0.1) is 11.3 Å². The second-order valence-electron chi connectivity index (χ2n) is 3.64. The van der Waals surface area contributed by atoms with Crippen molar-refractivity contribution in [2.75, 3.05) is 4.72 Å². The molecule has 2 N–H and O–H groups in total. The van der Waals surface area contributed by atoms with Crippen LogP contribution in [0.15, 0.2) is 38.3 Å². The molecule has 2 rings (SSSR count). The summed E-state index contributed by atoms with van der Waals surface area (Å²) < 4.78 is 27.1. The van der Waals surface area contributed by atoms with Crippen molar-refractivity contribution < 1.29 is 18.3 Å². The van der Waals surface area contributed by atoms with E-state index >= 15 is 0 Å². The Bertz CT molecular complexity index is 753. The first-order valence-corrected chi connectivity index (χ1v) is 8.58. The maximum absolute atomic E-state index is 12.2. The molecule has 106 valence electrons. The lowest BCUT2D eigenvalue weighted by Crippen LogP contribution is -2.14. The van der Waals surface area contributed by atoms with Crippen molar-refractivity contribution in [1.82, 2.24) is 0 Å². The van der Waals surface area contributed by atoms with Crippen LogP contribution in [0.5, 0.6) is 0 Å². The molecule has 1 aromatic heterocycles. The molecule has 0 bridgehead atoms. The molecular formula is C11H7BrClNO4S2. The fourth-order valence-corrected chi connectivity index (χ4v) is 4.89. The van der Waals surface area contributed by atoms with Crippen LogP contribution in [-0.2, 0) is 10.0 Å². The summed E-state index contributed by atoms with van der Waals surface area (Å²) in [6.45, 7) is 0. The van der Waals surface area contributed by atoms with E-state index in [-0.39, 0.29) is 20.5 Å². The number of carboxylic acids is 1. The molecule has 0 aliphatic carbocycles. The number of nitrogens with one attached hydrogen (secondary N) is 1. The average molecular weight is 397 g/mol. The quantitative estimate of drug-likeness (QED) is 0.826. The molecule has 0 aliphatic rings. The van der Waals surface area contributed by atoms with Crippen LogP contribution in [0.3, 0.4) is 0 Å². The van der Waals surface area contributed by atoms with Crippen LogP contribution in [-0.4, -0.2) is 19.5 Å². The number of aromatic carboxylic acids is 1. The Morgan fingerprint density at radius 2 is 2.00 bits per heavy atom. The predicted octanol–water partition coefficient (Wildman–Crippen LogP) is 3.66. The number of hydrogen-bond donors (Lipinski definition) is 2. The van der Waals surface area contributed by atoms with Crippen LogP contribution in [0.4, 0.5) is 5.69 Å². The van der Waals surface area contributed by atoms with Crippen LogP contribution in [0, 0.1) is 0 Å². The Labute approximate surface area is 132 Å². The summed E-state index contributed by atoms with van der Waals surface area (Å²) in [5.74, 6) is -1.21. The van der Waals surface area contributed by atoms with Gasteiger partial charge in [0.1, 0.15) is 4.21 Å². The molecule has 5 nitrogen and oxygen atoms in total. The smallest absolute Gasteiger partial charge is 0.337 e. The first kappa shape index (κ1) is 15.3. The molecule has 0 amide bonds. The number of thiophene rings is 1. The number of hydrogen-bond acceptors (Lipinski definition) is 4. The zero-order valence-corrected chi connectivity index (χ0v) is 13.6. The Morgan fingerprint density at radius 3 is 2.55 bits per heavy atom. The second-order valence-corrected chi connectivity index (χ2v) is 8.33. The Balaban J connectivity index is 2.41. The Morgan fingerprint density at radius 1 is 1.35 bits per heavy atom. The average Bonchev–Trinajstić information content (AvgIpc) is 2.70. The van der Waals surface area contributed by atoms with Crippen LogP contribution < -0.4 is 4.72 Å². The SMILES string of the molecule is O=C(O)c1ccccc1NS(=O)(=O)c1cc(Cl)c(Br)s1. The first-order chi connectivity index (χ1) is 9.31. The van der Waals surface area contributed by atoms with E-state index in [2.05, 4.69) is 20.7 Å². The highest BCUT2D eigenvalue weighted by Gasteiger charge is 2.21. The van der Waals surface area contributed by atoms with Gasteiger partial charge >= 0.3 is 5.97 Å². The molecule has 2 aromatic rings. The fraction of sp³-hybridized carbons (Fsp3) is 0. The molecule has 1 aromatic carbocycles. The molecule has 9 heteroatoms. The molecule has 0 aliphatic heterocycles. The van der Waals surface area contributed by atoms with E-state index < -0.39 is 16.0 Å². The maximum Gasteiger partial charge on any atom is 0.337 e. The van der Waals surface area contributed by atoms with Gasteiger partial charge in [0, 0.05) is 0 Å². The highest BCUT2D eigenvalue weighted by atomic mass is 79.9. The summed E-state index contributed by atoms with van der Waals surface area (Å²) in [5.41, 5.74) is -0.126. The number of para-hydroxylation sites is 1. The lowest BCUT2D eigenvalue weighted by molar-refractivity contribution is 0.0698. The normalized spacial score (nSPS) is 11.3. The van der Waals surface area contributed by atoms with Crippen molar-refractivity contribution in [2.45, 2.75) is 4.21 Å². The van der Waals surface area contributed by atoms with E-state index in [0.717, 1.165) is 11.3 Å². The van der Waals surface area contributed by atoms with Crippen LogP contribution in [0.1, 0.15) is 10.4 Å². The monoisotopic (exact) mass is 395 g/mol. The molecular weight excluding hydrogens is 390 g/mol. The summed E-state index contributed by atoms with van der Waals surface area (Å²) in [6, 6.07) is 7.05. The van der Waals surface area contributed by atoms with Crippen molar-refractivity contribution in [3.05, 3.63) is 44.7 Å². The van der Waals surface area contributed by atoms with Crippen molar-refractivity contribution in [3.63, 3.8) is 0 Å². The summed E-state index contributed by atoms with van der Waals surface area (Å²) in [6.07, 6.45) is 0. The zero-order valence-electron chi connectivity index (χ0n) is 9.63. The fourth-order valence-electron chi connectivity index (χ4n) is 1.41. The third-order valence-electron chi connectivity index (χ3n) is 2.29. The van der Waals surface area contributed by atoms with E-state index in [1.54, 1.807) is 6.07 Å². The zero-order chi connectivity index (χ0) is 14.9. The van der Waals surface area contributed by atoms with Gasteiger partial charge in [-0.25, -0.2) is 13.2 Å². The minimum Gasteiger partial charge on any atom is -0.478 e. The second kappa shape index (κ2) is 5.72. The predicted molar refractivity (Wildman–Crippen MR) is 81.2 cm³/mol. The number of rotatable bonds is 4. The van der Waals surface area contributed by atoms with Gasteiger partial charge in [0.05, 0.1) is 20.1 Å². The van der Waals surface area contributed by atoms with Crippen molar-refractivity contribution in [1.29, 1.82) is 0 Å². The maximum atomic E-state index is 12.2. The van der Waals surface area contributed by atoms with Crippen LogP contribution >= 0.6 is 38.9 Å². The molecule has 0 radical (unpaired) electrons. The van der Waals surface area contributed by atoms with E-state index in [0.29, 0.717) is 3.79 Å². The van der Waals surface area contributed by atoms with Gasteiger partial charge in [-0.3, -0.25) is 4.72 Å². The van der Waals surface area contributed by atoms with Crippen molar-refractivity contribution in [3.8, 4) is 0 Å². The molecule has 1 heterocycles. The summed E-state index contributed by atoms with van der Waals surface area (Å²) in [7, 11) is -3.88. The minimum atomic E-state index is -3.88. The highest BCUT2D eigenvalue weighted by molar-refractivity contribution is 9.11. The number of carboxylic acid groups (broad SMARTS) is 1. The Hall–Kier alpha value is -1.09. The summed E-state index contributed by atoms with van der Waals surface area (Å²) in [4.78, 5) is 11.0. The van der Waals surface area contributed by atoms with Crippen LogP contribution in [0.2, 0.25) is 5.02 Å². The topological polar surface area (TPSA) is 83.5 Å². The van der Waals surface area contributed by atoms with Gasteiger partial charge in [-0.05, 0) is 34.1 Å².